The fraction of sp³-hybridized carbons (Fsp3) is 0.217. The summed E-state index contributed by atoms with van der Waals surface area (Å²) >= 11 is 12.2. The third-order valence-electron chi connectivity index (χ3n) is 4.87. The van der Waals surface area contributed by atoms with Gasteiger partial charge in [0.15, 0.2) is 6.61 Å². The van der Waals surface area contributed by atoms with Gasteiger partial charge in [-0.15, -0.1) is 0 Å². The van der Waals surface area contributed by atoms with Crippen molar-refractivity contribution in [3.8, 4) is 5.75 Å². The second kappa shape index (κ2) is 9.83. The Morgan fingerprint density at radius 2 is 1.80 bits per heavy atom. The molecule has 1 atom stereocenters. The smallest absolute Gasteiger partial charge is 0.261 e. The molecule has 0 spiro atoms. The normalized spacial score (nSPS) is 11.7. The third kappa shape index (κ3) is 5.04. The van der Waals surface area contributed by atoms with Gasteiger partial charge < -0.3 is 15.0 Å². The standard InChI is InChI=1S/C23H22Cl2N2O3/c1-15(23(29)26-2)27(13-17-10-11-18(24)12-20(17)25)22(28)14-30-21-9-5-7-16-6-3-4-8-19(16)21/h3-12,15H,13-14H2,1-2H3,(H,26,29)/t15-/m1/s1. The molecule has 0 fully saturated rings. The Labute approximate surface area is 185 Å². The zero-order valence-electron chi connectivity index (χ0n) is 16.7. The van der Waals surface area contributed by atoms with Gasteiger partial charge in [-0.05, 0) is 36.1 Å². The number of ether oxygens (including phenoxy) is 1. The zero-order chi connectivity index (χ0) is 21.7. The number of rotatable bonds is 7. The fourth-order valence-corrected chi connectivity index (χ4v) is 3.64. The van der Waals surface area contributed by atoms with Crippen molar-refractivity contribution in [3.05, 3.63) is 76.3 Å². The Balaban J connectivity index is 1.81. The van der Waals surface area contributed by atoms with E-state index in [-0.39, 0.29) is 25.0 Å². The van der Waals surface area contributed by atoms with Crippen LogP contribution in [0.15, 0.2) is 60.7 Å². The molecule has 3 aromatic carbocycles. The van der Waals surface area contributed by atoms with Crippen molar-refractivity contribution < 1.29 is 14.3 Å². The van der Waals surface area contributed by atoms with Crippen molar-refractivity contribution in [2.24, 2.45) is 0 Å². The molecule has 7 heteroatoms. The lowest BCUT2D eigenvalue weighted by molar-refractivity contribution is -0.142. The first kappa shape index (κ1) is 21.9. The average Bonchev–Trinajstić information content (AvgIpc) is 2.75. The average molecular weight is 445 g/mol. The van der Waals surface area contributed by atoms with Gasteiger partial charge in [0, 0.05) is 29.0 Å². The molecule has 0 saturated carbocycles. The molecule has 0 aromatic heterocycles. The molecule has 0 saturated heterocycles. The Morgan fingerprint density at radius 1 is 1.07 bits per heavy atom. The lowest BCUT2D eigenvalue weighted by Crippen LogP contribution is -2.48. The van der Waals surface area contributed by atoms with Crippen LogP contribution in [0.4, 0.5) is 0 Å². The SMILES string of the molecule is CNC(=O)[C@@H](C)N(Cc1ccc(Cl)cc1Cl)C(=O)COc1cccc2ccccc12. The zero-order valence-corrected chi connectivity index (χ0v) is 18.2. The number of nitrogens with zero attached hydrogens (tertiary/aromatic N) is 1. The molecular formula is C23H22Cl2N2O3. The van der Waals surface area contributed by atoms with Gasteiger partial charge in [0.25, 0.3) is 5.91 Å². The number of likely N-dealkylation sites (N-methyl/N-ethyl adjacent to an activating group) is 1. The van der Waals surface area contributed by atoms with Crippen LogP contribution in [-0.2, 0) is 16.1 Å². The van der Waals surface area contributed by atoms with Crippen molar-refractivity contribution in [1.82, 2.24) is 10.2 Å². The number of fused-ring (bicyclic) bond motifs is 1. The molecule has 0 unspecified atom stereocenters. The fourth-order valence-electron chi connectivity index (χ4n) is 3.17. The highest BCUT2D eigenvalue weighted by Gasteiger charge is 2.26. The molecule has 3 aromatic rings. The Morgan fingerprint density at radius 3 is 2.53 bits per heavy atom. The van der Waals surface area contributed by atoms with Gasteiger partial charge in [-0.3, -0.25) is 9.59 Å². The molecule has 0 radical (unpaired) electrons. The van der Waals surface area contributed by atoms with Crippen LogP contribution in [0.25, 0.3) is 10.8 Å². The quantitative estimate of drug-likeness (QED) is 0.574. The van der Waals surface area contributed by atoms with Gasteiger partial charge in [0.1, 0.15) is 11.8 Å². The molecule has 0 aliphatic carbocycles. The van der Waals surface area contributed by atoms with E-state index in [1.165, 1.54) is 11.9 Å². The number of halogens is 2. The van der Waals surface area contributed by atoms with Crippen LogP contribution in [0.1, 0.15) is 12.5 Å². The topological polar surface area (TPSA) is 58.6 Å². The van der Waals surface area contributed by atoms with Crippen LogP contribution in [-0.4, -0.2) is 36.4 Å². The van der Waals surface area contributed by atoms with E-state index in [0.29, 0.717) is 21.4 Å². The second-order valence-corrected chi connectivity index (χ2v) is 7.66. The summed E-state index contributed by atoms with van der Waals surface area (Å²) in [7, 11) is 1.53. The lowest BCUT2D eigenvalue weighted by Gasteiger charge is -2.28. The maximum Gasteiger partial charge on any atom is 0.261 e. The minimum atomic E-state index is -0.703. The molecule has 156 valence electrons. The second-order valence-electron chi connectivity index (χ2n) is 6.81. The van der Waals surface area contributed by atoms with Crippen molar-refractivity contribution in [2.45, 2.75) is 19.5 Å². The van der Waals surface area contributed by atoms with Crippen LogP contribution in [0.5, 0.6) is 5.75 Å². The third-order valence-corrected chi connectivity index (χ3v) is 5.46. The summed E-state index contributed by atoms with van der Waals surface area (Å²) < 4.78 is 5.84. The molecule has 0 aliphatic heterocycles. The number of nitrogens with one attached hydrogen (secondary N) is 1. The van der Waals surface area contributed by atoms with E-state index in [4.69, 9.17) is 27.9 Å². The van der Waals surface area contributed by atoms with Gasteiger partial charge in [0.2, 0.25) is 5.91 Å². The first-order valence-electron chi connectivity index (χ1n) is 9.46. The van der Waals surface area contributed by atoms with Crippen molar-refractivity contribution >= 4 is 45.8 Å². The summed E-state index contributed by atoms with van der Waals surface area (Å²) in [6, 6.07) is 17.8. The molecule has 5 nitrogen and oxygen atoms in total. The van der Waals surface area contributed by atoms with E-state index in [2.05, 4.69) is 5.32 Å². The minimum Gasteiger partial charge on any atom is -0.483 e. The molecule has 2 amide bonds. The summed E-state index contributed by atoms with van der Waals surface area (Å²) in [4.78, 5) is 26.7. The molecular weight excluding hydrogens is 423 g/mol. The number of carbonyl (C=O) groups excluding carboxylic acids is 2. The summed E-state index contributed by atoms with van der Waals surface area (Å²) in [5.74, 6) is 0.00201. The number of carbonyl (C=O) groups is 2. The van der Waals surface area contributed by atoms with Crippen LogP contribution < -0.4 is 10.1 Å². The molecule has 30 heavy (non-hydrogen) atoms. The number of hydrogen-bond acceptors (Lipinski definition) is 3. The van der Waals surface area contributed by atoms with E-state index in [9.17, 15) is 9.59 Å². The van der Waals surface area contributed by atoms with Gasteiger partial charge in [-0.1, -0.05) is 65.7 Å². The highest BCUT2D eigenvalue weighted by Crippen LogP contribution is 2.26. The Hall–Kier alpha value is -2.76. The van der Waals surface area contributed by atoms with Gasteiger partial charge in [-0.2, -0.15) is 0 Å². The van der Waals surface area contributed by atoms with Crippen LogP contribution in [0.2, 0.25) is 10.0 Å². The van der Waals surface area contributed by atoms with E-state index in [0.717, 1.165) is 10.8 Å². The van der Waals surface area contributed by atoms with Gasteiger partial charge >= 0.3 is 0 Å². The molecule has 0 bridgehead atoms. The molecule has 0 heterocycles. The predicted octanol–water partition coefficient (Wildman–Crippen LogP) is 4.69. The minimum absolute atomic E-state index is 0.155. The number of benzene rings is 3. The monoisotopic (exact) mass is 444 g/mol. The van der Waals surface area contributed by atoms with Crippen LogP contribution in [0.3, 0.4) is 0 Å². The summed E-state index contributed by atoms with van der Waals surface area (Å²) in [5.41, 5.74) is 0.690. The Bertz CT molecular complexity index is 1070. The van der Waals surface area contributed by atoms with Gasteiger partial charge in [-0.25, -0.2) is 0 Å². The maximum absolute atomic E-state index is 13.0. The lowest BCUT2D eigenvalue weighted by atomic mass is 10.1. The van der Waals surface area contributed by atoms with Crippen molar-refractivity contribution in [3.63, 3.8) is 0 Å². The van der Waals surface area contributed by atoms with Crippen LogP contribution >= 0.6 is 23.2 Å². The van der Waals surface area contributed by atoms with Crippen molar-refractivity contribution in [2.75, 3.05) is 13.7 Å². The highest BCUT2D eigenvalue weighted by atomic mass is 35.5. The largest absolute Gasteiger partial charge is 0.483 e. The first-order valence-corrected chi connectivity index (χ1v) is 10.2. The van der Waals surface area contributed by atoms with E-state index in [1.807, 2.05) is 42.5 Å². The number of hydrogen-bond donors (Lipinski definition) is 1. The van der Waals surface area contributed by atoms with Gasteiger partial charge in [0.05, 0.1) is 0 Å². The van der Waals surface area contributed by atoms with Crippen molar-refractivity contribution in [1.29, 1.82) is 0 Å². The Kier molecular flexibility index (Phi) is 7.19. The molecule has 3 rings (SSSR count). The number of amides is 2. The first-order chi connectivity index (χ1) is 14.4. The summed E-state index contributed by atoms with van der Waals surface area (Å²) in [5, 5.41) is 5.45. The molecule has 0 aliphatic rings. The van der Waals surface area contributed by atoms with E-state index < -0.39 is 6.04 Å². The highest BCUT2D eigenvalue weighted by molar-refractivity contribution is 6.35. The van der Waals surface area contributed by atoms with Crippen LogP contribution in [0, 0.1) is 0 Å². The van der Waals surface area contributed by atoms with E-state index in [1.54, 1.807) is 25.1 Å². The van der Waals surface area contributed by atoms with E-state index >= 15 is 0 Å². The summed E-state index contributed by atoms with van der Waals surface area (Å²) in [6.07, 6.45) is 0. The maximum atomic E-state index is 13.0. The summed E-state index contributed by atoms with van der Waals surface area (Å²) in [6.45, 7) is 1.61. The predicted molar refractivity (Wildman–Crippen MR) is 120 cm³/mol. The molecule has 1 N–H and O–H groups in total.